The number of carbonyl (C=O) groups excluding carboxylic acids is 2. The first-order valence-electron chi connectivity index (χ1n) is 7.88. The number of hydrogen-bond acceptors (Lipinski definition) is 3. The van der Waals surface area contributed by atoms with E-state index in [0.717, 1.165) is 19.3 Å². The fourth-order valence-corrected chi connectivity index (χ4v) is 5.68. The Morgan fingerprint density at radius 1 is 1.30 bits per heavy atom. The second kappa shape index (κ2) is 4.08. The normalized spacial score (nSPS) is 49.8. The molecule has 0 N–H and O–H groups in total. The number of Topliss-reactive ketones (excluding diaryl/α,β-unsaturated/α-hetero) is 1. The van der Waals surface area contributed by atoms with Crippen LogP contribution in [0.25, 0.3) is 0 Å². The molecule has 4 fully saturated rings. The molecule has 3 heteroatoms. The maximum Gasteiger partial charge on any atom is 0.312 e. The molecule has 4 aliphatic carbocycles. The average Bonchev–Trinajstić information content (AvgIpc) is 2.63. The smallest absolute Gasteiger partial charge is 0.312 e. The summed E-state index contributed by atoms with van der Waals surface area (Å²) >= 11 is 0. The maximum atomic E-state index is 13.0. The Hall–Kier alpha value is -0.860. The maximum absolute atomic E-state index is 13.0. The van der Waals surface area contributed by atoms with E-state index in [0.29, 0.717) is 29.5 Å². The monoisotopic (exact) mass is 278 g/mol. The first-order chi connectivity index (χ1) is 9.25. The topological polar surface area (TPSA) is 43.4 Å². The number of methoxy groups -OCH3 is 1. The summed E-state index contributed by atoms with van der Waals surface area (Å²) in [5, 5.41) is 0. The van der Waals surface area contributed by atoms with Crippen molar-refractivity contribution in [1.82, 2.24) is 0 Å². The molecule has 4 saturated carbocycles. The second-order valence-corrected chi connectivity index (χ2v) is 8.07. The van der Waals surface area contributed by atoms with Gasteiger partial charge in [0.25, 0.3) is 0 Å². The van der Waals surface area contributed by atoms with Crippen LogP contribution in [0.5, 0.6) is 0 Å². The zero-order valence-corrected chi connectivity index (χ0v) is 13.2. The predicted octanol–water partition coefficient (Wildman–Crippen LogP) is 3.07. The Bertz CT molecular complexity index is 469. The Kier molecular flexibility index (Phi) is 2.88. The number of esters is 1. The summed E-state index contributed by atoms with van der Waals surface area (Å²) in [5.74, 6) is 2.28. The van der Waals surface area contributed by atoms with Crippen LogP contribution < -0.4 is 0 Å². The molecular formula is C17H26O3. The zero-order valence-electron chi connectivity index (χ0n) is 13.2. The highest BCUT2D eigenvalue weighted by molar-refractivity contribution is 5.95. The minimum absolute atomic E-state index is 0.126. The van der Waals surface area contributed by atoms with Gasteiger partial charge in [-0.3, -0.25) is 9.59 Å². The largest absolute Gasteiger partial charge is 0.469 e. The van der Waals surface area contributed by atoms with Crippen LogP contribution in [0.1, 0.15) is 47.0 Å². The Morgan fingerprint density at radius 3 is 2.50 bits per heavy atom. The lowest BCUT2D eigenvalue weighted by Crippen LogP contribution is -2.59. The number of ketones is 1. The van der Waals surface area contributed by atoms with E-state index in [-0.39, 0.29) is 17.3 Å². The van der Waals surface area contributed by atoms with Crippen molar-refractivity contribution in [3.63, 3.8) is 0 Å². The van der Waals surface area contributed by atoms with Crippen LogP contribution in [-0.4, -0.2) is 18.9 Å². The van der Waals surface area contributed by atoms with Gasteiger partial charge in [-0.1, -0.05) is 20.8 Å². The third-order valence-corrected chi connectivity index (χ3v) is 6.85. The average molecular weight is 278 g/mol. The molecule has 0 aromatic carbocycles. The van der Waals surface area contributed by atoms with E-state index >= 15 is 0 Å². The van der Waals surface area contributed by atoms with Gasteiger partial charge in [-0.15, -0.1) is 0 Å². The molecule has 0 saturated heterocycles. The van der Waals surface area contributed by atoms with Crippen molar-refractivity contribution in [2.75, 3.05) is 7.11 Å². The molecule has 4 bridgehead atoms. The molecule has 0 aliphatic heterocycles. The van der Waals surface area contributed by atoms with Crippen molar-refractivity contribution in [3.8, 4) is 0 Å². The molecule has 0 aromatic heterocycles. The third kappa shape index (κ3) is 1.47. The van der Waals surface area contributed by atoms with E-state index in [1.54, 1.807) is 0 Å². The van der Waals surface area contributed by atoms with Crippen LogP contribution in [-0.2, 0) is 14.3 Å². The first kappa shape index (κ1) is 14.1. The Morgan fingerprint density at radius 2 is 1.95 bits per heavy atom. The summed E-state index contributed by atoms with van der Waals surface area (Å²) in [5.41, 5.74) is -0.769. The zero-order chi connectivity index (χ0) is 14.9. The van der Waals surface area contributed by atoms with E-state index in [1.165, 1.54) is 7.11 Å². The summed E-state index contributed by atoms with van der Waals surface area (Å²) in [6, 6.07) is 0. The van der Waals surface area contributed by atoms with Crippen molar-refractivity contribution < 1.29 is 14.3 Å². The van der Waals surface area contributed by atoms with Crippen LogP contribution in [0, 0.1) is 40.4 Å². The number of rotatable bonds is 2. The van der Waals surface area contributed by atoms with Crippen LogP contribution in [0.4, 0.5) is 0 Å². The minimum atomic E-state index is -0.585. The van der Waals surface area contributed by atoms with Crippen LogP contribution >= 0.6 is 0 Å². The Labute approximate surface area is 121 Å². The van der Waals surface area contributed by atoms with Crippen LogP contribution in [0.3, 0.4) is 0 Å². The summed E-state index contributed by atoms with van der Waals surface area (Å²) in [7, 11) is 1.44. The first-order valence-corrected chi connectivity index (χ1v) is 7.88. The lowest BCUT2D eigenvalue weighted by atomic mass is 9.47. The molecule has 3 unspecified atom stereocenters. The molecule has 0 amide bonds. The van der Waals surface area contributed by atoms with Gasteiger partial charge < -0.3 is 4.74 Å². The fraction of sp³-hybridized carbons (Fsp3) is 0.882. The summed E-state index contributed by atoms with van der Waals surface area (Å²) in [4.78, 5) is 25.2. The van der Waals surface area contributed by atoms with Gasteiger partial charge in [0.1, 0.15) is 5.78 Å². The van der Waals surface area contributed by atoms with E-state index in [4.69, 9.17) is 4.74 Å². The van der Waals surface area contributed by atoms with Gasteiger partial charge in [0.2, 0.25) is 0 Å². The fourth-order valence-electron chi connectivity index (χ4n) is 5.68. The van der Waals surface area contributed by atoms with Crippen molar-refractivity contribution in [3.05, 3.63) is 0 Å². The van der Waals surface area contributed by atoms with Gasteiger partial charge in [0, 0.05) is 11.3 Å². The quantitative estimate of drug-likeness (QED) is 0.729. The molecule has 0 heterocycles. The van der Waals surface area contributed by atoms with Crippen LogP contribution in [0.2, 0.25) is 0 Å². The van der Waals surface area contributed by atoms with Crippen molar-refractivity contribution in [1.29, 1.82) is 0 Å². The van der Waals surface area contributed by atoms with E-state index in [2.05, 4.69) is 20.8 Å². The number of carbonyl (C=O) groups is 2. The van der Waals surface area contributed by atoms with Crippen molar-refractivity contribution in [2.24, 2.45) is 40.4 Å². The number of fused-ring (bicyclic) bond motifs is 1. The molecule has 6 atom stereocenters. The standard InChI is InChI=1S/C17H26O3/c1-9(2)11-7-16(3)13-8-17(4,15(19)20-5)12(14(16)18)6-10(11)13/h9-13H,6-8H2,1-5H3/t10?,11-,12?,13?,16+,17-/m0/s1. The van der Waals surface area contributed by atoms with Gasteiger partial charge in [-0.05, 0) is 49.9 Å². The summed E-state index contributed by atoms with van der Waals surface area (Å²) < 4.78 is 5.00. The van der Waals surface area contributed by atoms with Crippen LogP contribution in [0.15, 0.2) is 0 Å². The molecule has 112 valence electrons. The highest BCUT2D eigenvalue weighted by Crippen LogP contribution is 2.69. The number of ether oxygens (including phenoxy) is 1. The minimum Gasteiger partial charge on any atom is -0.469 e. The van der Waals surface area contributed by atoms with Gasteiger partial charge in [-0.2, -0.15) is 0 Å². The van der Waals surface area contributed by atoms with E-state index in [1.807, 2.05) is 6.92 Å². The molecule has 0 spiro atoms. The Balaban J connectivity index is 2.01. The lowest BCUT2D eigenvalue weighted by Gasteiger charge is -2.54. The van der Waals surface area contributed by atoms with Gasteiger partial charge in [0.05, 0.1) is 12.5 Å². The summed E-state index contributed by atoms with van der Waals surface area (Å²) in [6.45, 7) is 8.64. The van der Waals surface area contributed by atoms with E-state index in [9.17, 15) is 9.59 Å². The van der Waals surface area contributed by atoms with Gasteiger partial charge in [-0.25, -0.2) is 0 Å². The summed E-state index contributed by atoms with van der Waals surface area (Å²) in [6.07, 6.45) is 2.75. The van der Waals surface area contributed by atoms with Crippen molar-refractivity contribution in [2.45, 2.75) is 47.0 Å². The molecule has 0 aromatic rings. The molecular weight excluding hydrogens is 252 g/mol. The van der Waals surface area contributed by atoms with E-state index < -0.39 is 5.41 Å². The highest BCUT2D eigenvalue weighted by atomic mass is 16.5. The SMILES string of the molecule is COC(=O)[C@@]1(C)CC2C3CC1C(=O)[C@]2(C)C[C@H]3C(C)C. The second-order valence-electron chi connectivity index (χ2n) is 8.07. The number of hydrogen-bond donors (Lipinski definition) is 0. The van der Waals surface area contributed by atoms with Gasteiger partial charge >= 0.3 is 5.97 Å². The third-order valence-electron chi connectivity index (χ3n) is 6.85. The molecule has 20 heavy (non-hydrogen) atoms. The lowest BCUT2D eigenvalue weighted by molar-refractivity contribution is -0.177. The predicted molar refractivity (Wildman–Crippen MR) is 75.9 cm³/mol. The highest BCUT2D eigenvalue weighted by Gasteiger charge is 2.69. The molecule has 4 aliphatic rings. The van der Waals surface area contributed by atoms with Gasteiger partial charge in [0.15, 0.2) is 0 Å². The molecule has 0 radical (unpaired) electrons. The molecule has 4 rings (SSSR count). The molecule has 3 nitrogen and oxygen atoms in total. The van der Waals surface area contributed by atoms with Crippen molar-refractivity contribution >= 4 is 11.8 Å².